The van der Waals surface area contributed by atoms with Crippen molar-refractivity contribution in [1.82, 2.24) is 26.2 Å². The molecule has 1 spiro atoms. The minimum Gasteiger partial charge on any atom is -0.350 e. The first-order valence-electron chi connectivity index (χ1n) is 13.2. The number of carbonyl (C=O) groups is 1. The van der Waals surface area contributed by atoms with E-state index in [0.29, 0.717) is 18.5 Å². The quantitative estimate of drug-likeness (QED) is 0.323. The SMILES string of the molecule is CC1NCN(C2CCNCC2NC(=O)C(C(N)N)[C@@H]2CC3(CCCCC3)CC(F)CN2)C1C. The smallest absolute Gasteiger partial charge is 0.227 e. The van der Waals surface area contributed by atoms with Crippen molar-refractivity contribution in [2.45, 2.75) is 108 Å². The van der Waals surface area contributed by atoms with Gasteiger partial charge in [-0.15, -0.1) is 0 Å². The molecule has 1 aliphatic carbocycles. The molecule has 33 heavy (non-hydrogen) atoms. The summed E-state index contributed by atoms with van der Waals surface area (Å²) in [5, 5.41) is 13.6. The van der Waals surface area contributed by atoms with E-state index in [1.807, 2.05) is 0 Å². The first-order chi connectivity index (χ1) is 15.8. The Bertz CT molecular complexity index is 659. The fourth-order valence-corrected chi connectivity index (χ4v) is 6.97. The molecule has 1 saturated carbocycles. The number of alkyl halides is 1. The largest absolute Gasteiger partial charge is 0.350 e. The maximum atomic E-state index is 14.7. The second kappa shape index (κ2) is 10.8. The standard InChI is InChI=1S/C24H46FN7O/c1-15-16(2)32(14-30-15)20-6-9-28-13-19(20)31-23(33)21(22(26)27)18-11-24(7-4-3-5-8-24)10-17(25)12-29-18/h15-22,28-30H,3-14,26-27H2,1-2H3,(H,31,33)/t15?,16?,17?,18-,19?,20?,21?/m0/s1. The van der Waals surface area contributed by atoms with Gasteiger partial charge in [0.25, 0.3) is 0 Å². The summed E-state index contributed by atoms with van der Waals surface area (Å²) in [4.78, 5) is 16.1. The van der Waals surface area contributed by atoms with Crippen molar-refractivity contribution < 1.29 is 9.18 Å². The fourth-order valence-electron chi connectivity index (χ4n) is 6.97. The van der Waals surface area contributed by atoms with Gasteiger partial charge in [-0.05, 0) is 57.9 Å². The van der Waals surface area contributed by atoms with E-state index < -0.39 is 18.3 Å². The molecule has 3 saturated heterocycles. The molecule has 0 aromatic rings. The third-order valence-electron chi connectivity index (χ3n) is 9.02. The first-order valence-corrected chi connectivity index (χ1v) is 13.2. The third-order valence-corrected chi connectivity index (χ3v) is 9.02. The maximum absolute atomic E-state index is 14.7. The van der Waals surface area contributed by atoms with Gasteiger partial charge < -0.3 is 32.7 Å². The van der Waals surface area contributed by atoms with Gasteiger partial charge in [0.15, 0.2) is 0 Å². The Labute approximate surface area is 198 Å². The van der Waals surface area contributed by atoms with Gasteiger partial charge in [-0.25, -0.2) is 4.39 Å². The Morgan fingerprint density at radius 2 is 1.88 bits per heavy atom. The Morgan fingerprint density at radius 3 is 2.55 bits per heavy atom. The number of hydrogen-bond acceptors (Lipinski definition) is 7. The Hall–Kier alpha value is -0.840. The number of halogens is 1. The summed E-state index contributed by atoms with van der Waals surface area (Å²) in [6, 6.07) is 0.893. The highest BCUT2D eigenvalue weighted by molar-refractivity contribution is 5.80. The summed E-state index contributed by atoms with van der Waals surface area (Å²) in [5.74, 6) is -0.679. The molecule has 8 nitrogen and oxygen atoms in total. The van der Waals surface area contributed by atoms with E-state index in [9.17, 15) is 9.18 Å². The van der Waals surface area contributed by atoms with Crippen LogP contribution in [0, 0.1) is 11.3 Å². The lowest BCUT2D eigenvalue weighted by Gasteiger charge is -2.43. The predicted molar refractivity (Wildman–Crippen MR) is 129 cm³/mol. The lowest BCUT2D eigenvalue weighted by atomic mass is 9.66. The van der Waals surface area contributed by atoms with E-state index in [-0.39, 0.29) is 36.0 Å². The molecule has 1 amide bonds. The van der Waals surface area contributed by atoms with Crippen molar-refractivity contribution in [3.8, 4) is 0 Å². The van der Waals surface area contributed by atoms with Gasteiger partial charge in [0.05, 0.1) is 18.1 Å². The second-order valence-electron chi connectivity index (χ2n) is 11.3. The second-order valence-corrected chi connectivity index (χ2v) is 11.3. The number of piperidine rings is 1. The van der Waals surface area contributed by atoms with Crippen molar-refractivity contribution in [2.75, 3.05) is 26.3 Å². The normalized spacial score (nSPS) is 38.8. The average molecular weight is 468 g/mol. The van der Waals surface area contributed by atoms with Crippen molar-refractivity contribution in [1.29, 1.82) is 0 Å². The van der Waals surface area contributed by atoms with Crippen LogP contribution in [0.4, 0.5) is 4.39 Å². The van der Waals surface area contributed by atoms with E-state index in [0.717, 1.165) is 58.3 Å². The number of amides is 1. The van der Waals surface area contributed by atoms with E-state index in [4.69, 9.17) is 11.5 Å². The molecule has 9 heteroatoms. The highest BCUT2D eigenvalue weighted by atomic mass is 19.1. The number of nitrogens with two attached hydrogens (primary N) is 2. The fraction of sp³-hybridized carbons (Fsp3) is 0.958. The van der Waals surface area contributed by atoms with Crippen LogP contribution in [-0.2, 0) is 4.79 Å². The number of nitrogens with one attached hydrogen (secondary N) is 4. The number of nitrogens with zero attached hydrogens (tertiary/aromatic N) is 1. The molecule has 6 unspecified atom stereocenters. The van der Waals surface area contributed by atoms with Crippen molar-refractivity contribution in [2.24, 2.45) is 22.8 Å². The van der Waals surface area contributed by atoms with Crippen LogP contribution in [0.1, 0.15) is 65.2 Å². The van der Waals surface area contributed by atoms with Crippen molar-refractivity contribution in [3.05, 3.63) is 0 Å². The molecule has 4 aliphatic rings. The maximum Gasteiger partial charge on any atom is 0.227 e. The van der Waals surface area contributed by atoms with E-state index in [1.165, 1.54) is 6.42 Å². The summed E-state index contributed by atoms with van der Waals surface area (Å²) in [7, 11) is 0. The molecule has 190 valence electrons. The number of carbonyl (C=O) groups excluding carboxylic acids is 1. The van der Waals surface area contributed by atoms with Crippen LogP contribution in [0.3, 0.4) is 0 Å². The van der Waals surface area contributed by atoms with Gasteiger partial charge in [-0.2, -0.15) is 0 Å². The third kappa shape index (κ3) is 5.70. The Balaban J connectivity index is 1.48. The lowest BCUT2D eigenvalue weighted by Crippen LogP contribution is -2.64. The molecular weight excluding hydrogens is 421 g/mol. The molecular formula is C24H46FN7O. The topological polar surface area (TPSA) is 120 Å². The summed E-state index contributed by atoms with van der Waals surface area (Å²) in [5.41, 5.74) is 12.4. The molecule has 4 rings (SSSR count). The number of rotatable bonds is 5. The van der Waals surface area contributed by atoms with Crippen LogP contribution < -0.4 is 32.7 Å². The molecule has 3 heterocycles. The van der Waals surface area contributed by atoms with Crippen LogP contribution in [-0.4, -0.2) is 79.7 Å². The highest BCUT2D eigenvalue weighted by Gasteiger charge is 2.45. The Morgan fingerprint density at radius 1 is 1.12 bits per heavy atom. The summed E-state index contributed by atoms with van der Waals surface area (Å²) in [6.07, 6.45) is 6.23. The number of hydrogen-bond donors (Lipinski definition) is 6. The van der Waals surface area contributed by atoms with Crippen molar-refractivity contribution >= 4 is 5.91 Å². The summed E-state index contributed by atoms with van der Waals surface area (Å²) >= 11 is 0. The highest BCUT2D eigenvalue weighted by Crippen LogP contribution is 2.46. The van der Waals surface area contributed by atoms with Gasteiger partial charge in [0.2, 0.25) is 5.91 Å². The van der Waals surface area contributed by atoms with Crippen LogP contribution in [0.25, 0.3) is 0 Å². The monoisotopic (exact) mass is 467 g/mol. The van der Waals surface area contributed by atoms with Crippen molar-refractivity contribution in [3.63, 3.8) is 0 Å². The minimum absolute atomic E-state index is 0.00890. The van der Waals surface area contributed by atoms with E-state index in [1.54, 1.807) is 0 Å². The first kappa shape index (κ1) is 25.3. The Kier molecular flexibility index (Phi) is 8.29. The van der Waals surface area contributed by atoms with Crippen LogP contribution >= 0.6 is 0 Å². The minimum atomic E-state index is -0.885. The molecule has 0 aromatic carbocycles. The van der Waals surface area contributed by atoms with Gasteiger partial charge >= 0.3 is 0 Å². The molecule has 7 atom stereocenters. The lowest BCUT2D eigenvalue weighted by molar-refractivity contribution is -0.128. The zero-order valence-corrected chi connectivity index (χ0v) is 20.5. The summed E-state index contributed by atoms with van der Waals surface area (Å²) in [6.45, 7) is 7.24. The van der Waals surface area contributed by atoms with Gasteiger partial charge in [-0.1, -0.05) is 19.3 Å². The zero-order valence-electron chi connectivity index (χ0n) is 20.5. The van der Waals surface area contributed by atoms with Gasteiger partial charge in [0.1, 0.15) is 6.17 Å². The molecule has 0 radical (unpaired) electrons. The molecule has 0 bridgehead atoms. The van der Waals surface area contributed by atoms with Gasteiger partial charge in [-0.3, -0.25) is 9.69 Å². The average Bonchev–Trinajstić information content (AvgIpc) is 3.02. The predicted octanol–water partition coefficient (Wildman–Crippen LogP) is 0.373. The molecule has 0 aromatic heterocycles. The van der Waals surface area contributed by atoms with E-state index >= 15 is 0 Å². The van der Waals surface area contributed by atoms with E-state index in [2.05, 4.69) is 40.0 Å². The van der Waals surface area contributed by atoms with Crippen LogP contribution in [0.2, 0.25) is 0 Å². The summed E-state index contributed by atoms with van der Waals surface area (Å²) < 4.78 is 14.7. The molecule has 4 fully saturated rings. The van der Waals surface area contributed by atoms with Crippen LogP contribution in [0.15, 0.2) is 0 Å². The zero-order chi connectivity index (χ0) is 23.6. The van der Waals surface area contributed by atoms with Crippen LogP contribution in [0.5, 0.6) is 0 Å². The molecule has 8 N–H and O–H groups in total. The molecule has 3 aliphatic heterocycles. The van der Waals surface area contributed by atoms with Gasteiger partial charge in [0, 0.05) is 43.9 Å².